The average molecular weight is 466 g/mol. The van der Waals surface area contributed by atoms with Crippen molar-refractivity contribution in [2.24, 2.45) is 0 Å². The molecule has 0 fully saturated rings. The Balaban J connectivity index is 1.68. The number of carbonyl (C=O) groups is 1. The van der Waals surface area contributed by atoms with Crippen LogP contribution in [0, 0.1) is 6.92 Å². The van der Waals surface area contributed by atoms with E-state index in [0.29, 0.717) is 21.9 Å². The lowest BCUT2D eigenvalue weighted by atomic mass is 10.1. The number of alkyl halides is 3. The fourth-order valence-electron chi connectivity index (χ4n) is 2.98. The summed E-state index contributed by atoms with van der Waals surface area (Å²) in [4.78, 5) is 12.7. The molecule has 0 saturated heterocycles. The van der Waals surface area contributed by atoms with Crippen LogP contribution in [0.15, 0.2) is 48.7 Å². The fraction of sp³-hybridized carbons (Fsp3) is 0.100. The molecule has 2 aromatic heterocycles. The molecule has 4 aromatic rings. The summed E-state index contributed by atoms with van der Waals surface area (Å²) in [6, 6.07) is 9.70. The summed E-state index contributed by atoms with van der Waals surface area (Å²) in [5.74, 6) is -0.767. The van der Waals surface area contributed by atoms with Crippen LogP contribution in [0.25, 0.3) is 16.8 Å². The maximum absolute atomic E-state index is 13.0. The molecule has 158 valence electrons. The van der Waals surface area contributed by atoms with E-state index in [1.807, 2.05) is 0 Å². The maximum Gasteiger partial charge on any atom is 0.416 e. The molecular weight excluding hydrogens is 454 g/mol. The Labute approximate surface area is 183 Å². The van der Waals surface area contributed by atoms with Crippen LogP contribution < -0.4 is 5.32 Å². The molecule has 2 heterocycles. The first-order valence-electron chi connectivity index (χ1n) is 8.80. The van der Waals surface area contributed by atoms with E-state index in [1.165, 1.54) is 4.52 Å². The van der Waals surface area contributed by atoms with E-state index < -0.39 is 17.6 Å². The van der Waals surface area contributed by atoms with Crippen molar-refractivity contribution < 1.29 is 18.0 Å². The van der Waals surface area contributed by atoms with Gasteiger partial charge in [-0.3, -0.25) is 4.79 Å². The number of amides is 1. The molecule has 0 aliphatic carbocycles. The molecule has 4 rings (SSSR count). The van der Waals surface area contributed by atoms with Crippen molar-refractivity contribution in [1.29, 1.82) is 0 Å². The van der Waals surface area contributed by atoms with Crippen LogP contribution in [0.4, 0.5) is 18.9 Å². The van der Waals surface area contributed by atoms with E-state index >= 15 is 0 Å². The van der Waals surface area contributed by atoms with Crippen LogP contribution in [0.3, 0.4) is 0 Å². The first-order valence-corrected chi connectivity index (χ1v) is 9.56. The van der Waals surface area contributed by atoms with Crippen molar-refractivity contribution >= 4 is 40.4 Å². The van der Waals surface area contributed by atoms with E-state index in [1.54, 1.807) is 37.4 Å². The summed E-state index contributed by atoms with van der Waals surface area (Å²) in [6.07, 6.45) is -3.00. The monoisotopic (exact) mass is 465 g/mol. The number of nitrogens with one attached hydrogen (secondary N) is 1. The van der Waals surface area contributed by atoms with Crippen molar-refractivity contribution in [2.45, 2.75) is 13.1 Å². The standard InChI is InChI=1S/C20H12Cl2F3N5O/c1-10-17(19(31)27-16-8-12(20(23,24)25)4-7-15(16)22)28-29-18-14(9-26-30(10)18)11-2-5-13(21)6-3-11/h2-9H,1H3,(H,27,31). The predicted octanol–water partition coefficient (Wildman–Crippen LogP) is 5.68. The van der Waals surface area contributed by atoms with E-state index in [-0.39, 0.29) is 16.4 Å². The van der Waals surface area contributed by atoms with E-state index in [2.05, 4.69) is 20.6 Å². The molecule has 0 saturated carbocycles. The smallest absolute Gasteiger partial charge is 0.319 e. The number of aromatic nitrogens is 4. The molecule has 0 spiro atoms. The van der Waals surface area contributed by atoms with Crippen molar-refractivity contribution in [3.05, 3.63) is 75.7 Å². The highest BCUT2D eigenvalue weighted by Crippen LogP contribution is 2.34. The zero-order chi connectivity index (χ0) is 22.3. The van der Waals surface area contributed by atoms with Gasteiger partial charge in [-0.25, -0.2) is 4.52 Å². The third-order valence-electron chi connectivity index (χ3n) is 4.56. The van der Waals surface area contributed by atoms with Gasteiger partial charge in [0.2, 0.25) is 0 Å². The Bertz CT molecular complexity index is 1300. The van der Waals surface area contributed by atoms with Gasteiger partial charge in [0.25, 0.3) is 5.91 Å². The summed E-state index contributed by atoms with van der Waals surface area (Å²) < 4.78 is 40.3. The highest BCUT2D eigenvalue weighted by Gasteiger charge is 2.31. The van der Waals surface area contributed by atoms with E-state index in [4.69, 9.17) is 23.2 Å². The van der Waals surface area contributed by atoms with E-state index in [9.17, 15) is 18.0 Å². The molecule has 31 heavy (non-hydrogen) atoms. The highest BCUT2D eigenvalue weighted by atomic mass is 35.5. The van der Waals surface area contributed by atoms with Crippen molar-refractivity contribution in [2.75, 3.05) is 5.32 Å². The van der Waals surface area contributed by atoms with Crippen LogP contribution in [0.1, 0.15) is 21.7 Å². The lowest BCUT2D eigenvalue weighted by Gasteiger charge is -2.12. The number of carbonyl (C=O) groups excluding carboxylic acids is 1. The molecule has 0 atom stereocenters. The van der Waals surface area contributed by atoms with Crippen molar-refractivity contribution in [1.82, 2.24) is 19.8 Å². The maximum atomic E-state index is 13.0. The summed E-state index contributed by atoms with van der Waals surface area (Å²) in [5, 5.41) is 15.2. The highest BCUT2D eigenvalue weighted by molar-refractivity contribution is 6.34. The number of rotatable bonds is 3. The van der Waals surface area contributed by atoms with E-state index in [0.717, 1.165) is 23.8 Å². The number of halogens is 5. The molecule has 0 aliphatic heterocycles. The number of aryl methyl sites for hydroxylation is 1. The quantitative estimate of drug-likeness (QED) is 0.422. The number of hydrogen-bond acceptors (Lipinski definition) is 4. The lowest BCUT2D eigenvalue weighted by Crippen LogP contribution is -2.19. The van der Waals surface area contributed by atoms with Gasteiger partial charge in [-0.2, -0.15) is 18.3 Å². The van der Waals surface area contributed by atoms with Crippen LogP contribution >= 0.6 is 23.2 Å². The normalized spacial score (nSPS) is 11.7. The Morgan fingerprint density at radius 1 is 1.06 bits per heavy atom. The average Bonchev–Trinajstić information content (AvgIpc) is 3.14. The Morgan fingerprint density at radius 3 is 2.45 bits per heavy atom. The second-order valence-corrected chi connectivity index (χ2v) is 7.42. The van der Waals surface area contributed by atoms with Crippen molar-refractivity contribution in [3.63, 3.8) is 0 Å². The number of benzene rings is 2. The second-order valence-electron chi connectivity index (χ2n) is 6.58. The number of nitrogens with zero attached hydrogens (tertiary/aromatic N) is 4. The predicted molar refractivity (Wildman–Crippen MR) is 110 cm³/mol. The SMILES string of the molecule is Cc1c(C(=O)Nc2cc(C(F)(F)F)ccc2Cl)nnc2c(-c3ccc(Cl)cc3)cnn12. The minimum absolute atomic E-state index is 0.0443. The van der Waals surface area contributed by atoms with Gasteiger partial charge in [0, 0.05) is 10.6 Å². The Hall–Kier alpha value is -3.17. The second kappa shape index (κ2) is 7.82. The van der Waals surface area contributed by atoms with Gasteiger partial charge in [0.15, 0.2) is 11.3 Å². The largest absolute Gasteiger partial charge is 0.416 e. The molecule has 1 N–H and O–H groups in total. The topological polar surface area (TPSA) is 72.2 Å². The number of hydrogen-bond donors (Lipinski definition) is 1. The molecule has 0 aliphatic rings. The van der Waals surface area contributed by atoms with Gasteiger partial charge in [0.05, 0.1) is 28.2 Å². The zero-order valence-electron chi connectivity index (χ0n) is 15.7. The number of fused-ring (bicyclic) bond motifs is 1. The Kier molecular flexibility index (Phi) is 5.32. The first kappa shape index (κ1) is 21.1. The molecule has 0 radical (unpaired) electrons. The third-order valence-corrected chi connectivity index (χ3v) is 5.14. The van der Waals surface area contributed by atoms with Gasteiger partial charge >= 0.3 is 6.18 Å². The molecule has 11 heteroatoms. The van der Waals surface area contributed by atoms with Gasteiger partial charge in [-0.05, 0) is 42.8 Å². The van der Waals surface area contributed by atoms with Crippen LogP contribution in [-0.4, -0.2) is 25.7 Å². The fourth-order valence-corrected chi connectivity index (χ4v) is 3.27. The summed E-state index contributed by atoms with van der Waals surface area (Å²) in [7, 11) is 0. The molecule has 2 aromatic carbocycles. The van der Waals surface area contributed by atoms with Crippen LogP contribution in [0.5, 0.6) is 0 Å². The minimum atomic E-state index is -4.58. The summed E-state index contributed by atoms with van der Waals surface area (Å²) >= 11 is 11.9. The first-order chi connectivity index (χ1) is 14.6. The Morgan fingerprint density at radius 2 is 1.77 bits per heavy atom. The van der Waals surface area contributed by atoms with Gasteiger partial charge < -0.3 is 5.32 Å². The molecule has 0 bridgehead atoms. The zero-order valence-corrected chi connectivity index (χ0v) is 17.2. The minimum Gasteiger partial charge on any atom is -0.319 e. The van der Waals surface area contributed by atoms with Crippen LogP contribution in [0.2, 0.25) is 10.0 Å². The number of anilines is 1. The van der Waals surface area contributed by atoms with Gasteiger partial charge in [-0.15, -0.1) is 10.2 Å². The summed E-state index contributed by atoms with van der Waals surface area (Å²) in [5.41, 5.74) is 1.02. The van der Waals surface area contributed by atoms with Crippen molar-refractivity contribution in [3.8, 4) is 11.1 Å². The third kappa shape index (κ3) is 4.06. The van der Waals surface area contributed by atoms with Gasteiger partial charge in [0.1, 0.15) is 0 Å². The van der Waals surface area contributed by atoms with Crippen LogP contribution in [-0.2, 0) is 6.18 Å². The summed E-state index contributed by atoms with van der Waals surface area (Å²) in [6.45, 7) is 1.60. The molecule has 1 amide bonds. The molecule has 0 unspecified atom stereocenters. The molecule has 6 nitrogen and oxygen atoms in total. The van der Waals surface area contributed by atoms with Gasteiger partial charge in [-0.1, -0.05) is 35.3 Å². The lowest BCUT2D eigenvalue weighted by molar-refractivity contribution is -0.137. The molecular formula is C20H12Cl2F3N5O.